The zero-order valence-corrected chi connectivity index (χ0v) is 9.58. The quantitative estimate of drug-likeness (QED) is 0.597. The van der Waals surface area contributed by atoms with Crippen LogP contribution < -0.4 is 10.6 Å². The fourth-order valence-corrected chi connectivity index (χ4v) is 1.59. The zero-order chi connectivity index (χ0) is 12.2. The molecule has 1 aliphatic rings. The Kier molecular flexibility index (Phi) is 4.26. The molecule has 1 amide bonds. The van der Waals surface area contributed by atoms with Crippen LogP contribution in [0.2, 0.25) is 0 Å². The summed E-state index contributed by atoms with van der Waals surface area (Å²) in [7, 11) is 1.65. The number of rotatable bonds is 4. The smallest absolute Gasteiger partial charge is 0.329 e. The Balaban J connectivity index is 2.71. The van der Waals surface area contributed by atoms with E-state index in [4.69, 9.17) is 4.74 Å². The summed E-state index contributed by atoms with van der Waals surface area (Å²) in [5.41, 5.74) is -1.17. The lowest BCUT2D eigenvalue weighted by Crippen LogP contribution is -2.60. The molecule has 0 saturated carbocycles. The number of carboxylic acids is 1. The number of likely N-dealkylation sites (N-methyl/N-ethyl adjacent to an activating group) is 1. The molecule has 6 heteroatoms. The molecule has 0 aromatic rings. The van der Waals surface area contributed by atoms with Gasteiger partial charge in [0.2, 0.25) is 5.91 Å². The summed E-state index contributed by atoms with van der Waals surface area (Å²) in [6.07, 6.45) is 0.620. The number of nitrogens with one attached hydrogen (secondary N) is 2. The van der Waals surface area contributed by atoms with Crippen LogP contribution in [0.15, 0.2) is 0 Å². The highest BCUT2D eigenvalue weighted by Gasteiger charge is 2.42. The molecular formula is C10H18N2O4. The highest BCUT2D eigenvalue weighted by Crippen LogP contribution is 2.21. The van der Waals surface area contributed by atoms with Gasteiger partial charge in [0.05, 0.1) is 6.04 Å². The second kappa shape index (κ2) is 5.27. The van der Waals surface area contributed by atoms with Crippen molar-refractivity contribution in [2.24, 2.45) is 0 Å². The Hall–Kier alpha value is -1.14. The van der Waals surface area contributed by atoms with E-state index in [-0.39, 0.29) is 5.91 Å². The Morgan fingerprint density at radius 2 is 1.94 bits per heavy atom. The van der Waals surface area contributed by atoms with Gasteiger partial charge >= 0.3 is 5.97 Å². The van der Waals surface area contributed by atoms with E-state index in [1.807, 2.05) is 0 Å². The van der Waals surface area contributed by atoms with Crippen LogP contribution in [0.5, 0.6) is 0 Å². The molecule has 0 aromatic carbocycles. The maximum atomic E-state index is 11.7. The Morgan fingerprint density at radius 3 is 2.38 bits per heavy atom. The van der Waals surface area contributed by atoms with Crippen LogP contribution >= 0.6 is 0 Å². The normalized spacial score (nSPS) is 21.1. The first-order chi connectivity index (χ1) is 7.52. The fraction of sp³-hybridized carbons (Fsp3) is 0.800. The van der Waals surface area contributed by atoms with Crippen LogP contribution in [-0.4, -0.2) is 48.8 Å². The van der Waals surface area contributed by atoms with E-state index in [1.165, 1.54) is 0 Å². The molecule has 0 radical (unpaired) electrons. The second-order valence-electron chi connectivity index (χ2n) is 4.00. The Labute approximate surface area is 94.3 Å². The number of amides is 1. The van der Waals surface area contributed by atoms with E-state index >= 15 is 0 Å². The van der Waals surface area contributed by atoms with Gasteiger partial charge in [0.1, 0.15) is 5.54 Å². The highest BCUT2D eigenvalue weighted by atomic mass is 16.5. The minimum Gasteiger partial charge on any atom is -0.480 e. The van der Waals surface area contributed by atoms with Crippen LogP contribution in [0.25, 0.3) is 0 Å². The van der Waals surface area contributed by atoms with Crippen LogP contribution in [0.4, 0.5) is 0 Å². The van der Waals surface area contributed by atoms with E-state index in [2.05, 4.69) is 10.6 Å². The van der Waals surface area contributed by atoms with E-state index < -0.39 is 17.6 Å². The number of ether oxygens (including phenoxy) is 1. The molecule has 0 spiro atoms. The third-order valence-electron chi connectivity index (χ3n) is 2.94. The number of hydrogen-bond acceptors (Lipinski definition) is 4. The molecule has 0 aromatic heterocycles. The molecule has 0 aliphatic carbocycles. The van der Waals surface area contributed by atoms with Crippen LogP contribution in [0, 0.1) is 0 Å². The van der Waals surface area contributed by atoms with E-state index in [1.54, 1.807) is 14.0 Å². The van der Waals surface area contributed by atoms with Crippen LogP contribution in [0.1, 0.15) is 19.8 Å². The molecule has 1 unspecified atom stereocenters. The zero-order valence-electron chi connectivity index (χ0n) is 9.58. The van der Waals surface area contributed by atoms with E-state index in [0.29, 0.717) is 26.1 Å². The van der Waals surface area contributed by atoms with Gasteiger partial charge in [0.15, 0.2) is 0 Å². The molecule has 0 bridgehead atoms. The first-order valence-electron chi connectivity index (χ1n) is 5.32. The lowest BCUT2D eigenvalue weighted by Gasteiger charge is -2.34. The molecule has 16 heavy (non-hydrogen) atoms. The third-order valence-corrected chi connectivity index (χ3v) is 2.94. The average Bonchev–Trinajstić information content (AvgIpc) is 2.28. The average molecular weight is 230 g/mol. The molecule has 92 valence electrons. The summed E-state index contributed by atoms with van der Waals surface area (Å²) >= 11 is 0. The van der Waals surface area contributed by atoms with Crippen molar-refractivity contribution in [2.45, 2.75) is 31.3 Å². The first-order valence-corrected chi connectivity index (χ1v) is 5.32. The highest BCUT2D eigenvalue weighted by molar-refractivity contribution is 5.89. The van der Waals surface area contributed by atoms with Gasteiger partial charge in [-0.3, -0.25) is 4.79 Å². The maximum Gasteiger partial charge on any atom is 0.329 e. The molecule has 1 fully saturated rings. The summed E-state index contributed by atoms with van der Waals surface area (Å²) < 4.78 is 5.11. The van der Waals surface area contributed by atoms with Crippen molar-refractivity contribution in [1.29, 1.82) is 0 Å². The molecular weight excluding hydrogens is 212 g/mol. The fourth-order valence-electron chi connectivity index (χ4n) is 1.59. The summed E-state index contributed by atoms with van der Waals surface area (Å²) in [4.78, 5) is 22.9. The van der Waals surface area contributed by atoms with Crippen LogP contribution in [0.3, 0.4) is 0 Å². The van der Waals surface area contributed by atoms with Crippen molar-refractivity contribution in [3.05, 3.63) is 0 Å². The summed E-state index contributed by atoms with van der Waals surface area (Å²) in [5.74, 6) is -1.29. The number of carboxylic acid groups (broad SMARTS) is 1. The molecule has 1 rings (SSSR count). The first kappa shape index (κ1) is 12.9. The molecule has 1 saturated heterocycles. The van der Waals surface area contributed by atoms with Gasteiger partial charge in [-0.15, -0.1) is 0 Å². The van der Waals surface area contributed by atoms with E-state index in [9.17, 15) is 14.7 Å². The molecule has 3 N–H and O–H groups in total. The van der Waals surface area contributed by atoms with Gasteiger partial charge in [-0.05, 0) is 14.0 Å². The van der Waals surface area contributed by atoms with Gasteiger partial charge in [0, 0.05) is 26.1 Å². The van der Waals surface area contributed by atoms with Gasteiger partial charge in [0.25, 0.3) is 0 Å². The summed E-state index contributed by atoms with van der Waals surface area (Å²) in [6.45, 7) is 2.41. The van der Waals surface area contributed by atoms with Gasteiger partial charge < -0.3 is 20.5 Å². The minimum atomic E-state index is -1.17. The van der Waals surface area contributed by atoms with Crippen molar-refractivity contribution in [1.82, 2.24) is 10.6 Å². The van der Waals surface area contributed by atoms with Crippen molar-refractivity contribution >= 4 is 11.9 Å². The van der Waals surface area contributed by atoms with Crippen molar-refractivity contribution in [3.63, 3.8) is 0 Å². The molecule has 1 heterocycles. The van der Waals surface area contributed by atoms with Crippen molar-refractivity contribution < 1.29 is 19.4 Å². The number of carbonyl (C=O) groups excluding carboxylic acids is 1. The third kappa shape index (κ3) is 2.70. The van der Waals surface area contributed by atoms with Crippen LogP contribution in [-0.2, 0) is 14.3 Å². The predicted molar refractivity (Wildman–Crippen MR) is 57.1 cm³/mol. The van der Waals surface area contributed by atoms with Gasteiger partial charge in [-0.1, -0.05) is 0 Å². The summed E-state index contributed by atoms with van der Waals surface area (Å²) in [5, 5.41) is 14.6. The Morgan fingerprint density at radius 1 is 1.38 bits per heavy atom. The van der Waals surface area contributed by atoms with Gasteiger partial charge in [-0.2, -0.15) is 0 Å². The summed E-state index contributed by atoms with van der Waals surface area (Å²) in [6, 6.07) is -0.404. The van der Waals surface area contributed by atoms with Gasteiger partial charge in [-0.25, -0.2) is 4.79 Å². The number of carbonyl (C=O) groups is 2. The standard InChI is InChI=1S/C10H18N2O4/c1-7(11-2)8(13)12-10(9(14)15)3-5-16-6-4-10/h7,11H,3-6H2,1-2H3,(H,12,13)(H,14,15). The molecule has 1 atom stereocenters. The lowest BCUT2D eigenvalue weighted by molar-refractivity contribution is -0.152. The van der Waals surface area contributed by atoms with Crippen molar-refractivity contribution in [2.75, 3.05) is 20.3 Å². The Bertz CT molecular complexity index is 274. The lowest BCUT2D eigenvalue weighted by atomic mass is 9.90. The minimum absolute atomic E-state index is 0.299. The van der Waals surface area contributed by atoms with E-state index in [0.717, 1.165) is 0 Å². The SMILES string of the molecule is CNC(C)C(=O)NC1(C(=O)O)CCOCC1. The second-order valence-corrected chi connectivity index (χ2v) is 4.00. The topological polar surface area (TPSA) is 87.7 Å². The van der Waals surface area contributed by atoms with Crippen molar-refractivity contribution in [3.8, 4) is 0 Å². The number of aliphatic carboxylic acids is 1. The molecule has 6 nitrogen and oxygen atoms in total. The monoisotopic (exact) mass is 230 g/mol. The predicted octanol–water partition coefficient (Wildman–Crippen LogP) is -0.656. The maximum absolute atomic E-state index is 11.7. The largest absolute Gasteiger partial charge is 0.480 e. The molecule has 1 aliphatic heterocycles. The number of hydrogen-bond donors (Lipinski definition) is 3.